The van der Waals surface area contributed by atoms with Gasteiger partial charge in [0.1, 0.15) is 5.01 Å². The van der Waals surface area contributed by atoms with Crippen LogP contribution in [0.1, 0.15) is 5.69 Å². The number of ether oxygens (including phenoxy) is 2. The summed E-state index contributed by atoms with van der Waals surface area (Å²) in [5.41, 5.74) is 3.93. The van der Waals surface area contributed by atoms with Crippen molar-refractivity contribution in [2.24, 2.45) is 0 Å². The molecule has 2 heterocycles. The van der Waals surface area contributed by atoms with Gasteiger partial charge in [0.05, 0.1) is 25.5 Å². The molecule has 0 bridgehead atoms. The van der Waals surface area contributed by atoms with Crippen molar-refractivity contribution in [1.82, 2.24) is 19.7 Å². The summed E-state index contributed by atoms with van der Waals surface area (Å²) in [4.78, 5) is 4.85. The van der Waals surface area contributed by atoms with Gasteiger partial charge in [-0.25, -0.2) is 4.98 Å². The van der Waals surface area contributed by atoms with Gasteiger partial charge in [-0.1, -0.05) is 66.4 Å². The zero-order valence-electron chi connectivity index (χ0n) is 18.7. The maximum absolute atomic E-state index is 5.58. The molecule has 5 rings (SSSR count). The van der Waals surface area contributed by atoms with E-state index in [0.717, 1.165) is 38.5 Å². The van der Waals surface area contributed by atoms with E-state index in [9.17, 15) is 0 Å². The molecule has 0 aliphatic heterocycles. The Kier molecular flexibility index (Phi) is 6.60. The summed E-state index contributed by atoms with van der Waals surface area (Å²) in [6.45, 7) is 0. The first-order chi connectivity index (χ1) is 16.8. The van der Waals surface area contributed by atoms with Crippen LogP contribution in [0, 0.1) is 0 Å². The number of hydrogen-bond donors (Lipinski definition) is 0. The van der Waals surface area contributed by atoms with E-state index >= 15 is 0 Å². The van der Waals surface area contributed by atoms with Crippen molar-refractivity contribution in [3.8, 4) is 39.1 Å². The lowest BCUT2D eigenvalue weighted by Gasteiger charge is -2.10. The third kappa shape index (κ3) is 4.42. The lowest BCUT2D eigenvalue weighted by Crippen LogP contribution is -1.99. The highest BCUT2D eigenvalue weighted by Gasteiger charge is 2.18. The first kappa shape index (κ1) is 22.2. The third-order valence-electron chi connectivity index (χ3n) is 5.21. The van der Waals surface area contributed by atoms with E-state index in [0.29, 0.717) is 17.3 Å². The number of benzene rings is 3. The Hall–Kier alpha value is -3.62. The summed E-state index contributed by atoms with van der Waals surface area (Å²) in [5.74, 6) is 2.86. The van der Waals surface area contributed by atoms with E-state index in [2.05, 4.69) is 32.3 Å². The lowest BCUT2D eigenvalue weighted by molar-refractivity contribution is 0.356. The number of thiazole rings is 1. The molecule has 0 aliphatic rings. The fourth-order valence-electron chi connectivity index (χ4n) is 3.64. The minimum absolute atomic E-state index is 0.669. The van der Waals surface area contributed by atoms with Crippen LogP contribution in [0.2, 0.25) is 0 Å². The molecule has 0 unspecified atom stereocenters. The van der Waals surface area contributed by atoms with Crippen LogP contribution in [0.15, 0.2) is 89.4 Å². The molecule has 8 heteroatoms. The number of hydrogen-bond acceptors (Lipinski definition) is 7. The zero-order valence-corrected chi connectivity index (χ0v) is 20.3. The summed E-state index contributed by atoms with van der Waals surface area (Å²) in [5, 5.41) is 12.8. The molecule has 0 saturated heterocycles. The van der Waals surface area contributed by atoms with Crippen LogP contribution < -0.4 is 9.47 Å². The normalized spacial score (nSPS) is 10.9. The predicted molar refractivity (Wildman–Crippen MR) is 137 cm³/mol. The first-order valence-corrected chi connectivity index (χ1v) is 12.5. The number of thioether (sulfide) groups is 1. The molecule has 3 aromatic carbocycles. The van der Waals surface area contributed by atoms with Crippen molar-refractivity contribution in [1.29, 1.82) is 0 Å². The second kappa shape index (κ2) is 10.1. The quantitative estimate of drug-likeness (QED) is 0.238. The summed E-state index contributed by atoms with van der Waals surface area (Å²) in [7, 11) is 3.28. The highest BCUT2D eigenvalue weighted by Crippen LogP contribution is 2.39. The largest absolute Gasteiger partial charge is 0.493 e. The van der Waals surface area contributed by atoms with E-state index in [1.165, 1.54) is 0 Å². The van der Waals surface area contributed by atoms with Crippen LogP contribution in [-0.2, 0) is 5.75 Å². The van der Waals surface area contributed by atoms with E-state index in [-0.39, 0.29) is 0 Å². The second-order valence-electron chi connectivity index (χ2n) is 7.32. The molecule has 5 aromatic rings. The van der Waals surface area contributed by atoms with Crippen molar-refractivity contribution >= 4 is 23.1 Å². The Morgan fingerprint density at radius 3 is 2.35 bits per heavy atom. The monoisotopic (exact) mass is 486 g/mol. The van der Waals surface area contributed by atoms with Gasteiger partial charge in [0.25, 0.3) is 0 Å². The van der Waals surface area contributed by atoms with Crippen molar-refractivity contribution < 1.29 is 9.47 Å². The van der Waals surface area contributed by atoms with Crippen molar-refractivity contribution in [3.05, 3.63) is 89.9 Å². The van der Waals surface area contributed by atoms with Crippen LogP contribution in [0.3, 0.4) is 0 Å². The van der Waals surface area contributed by atoms with Crippen LogP contribution in [0.4, 0.5) is 0 Å². The molecule has 0 saturated carbocycles. The maximum atomic E-state index is 5.58. The van der Waals surface area contributed by atoms with Gasteiger partial charge in [-0.3, -0.25) is 4.57 Å². The summed E-state index contributed by atoms with van der Waals surface area (Å²) >= 11 is 3.20. The molecular formula is C26H22N4O2S2. The van der Waals surface area contributed by atoms with Gasteiger partial charge in [0.15, 0.2) is 22.5 Å². The molecule has 0 radical (unpaired) electrons. The van der Waals surface area contributed by atoms with Crippen LogP contribution in [0.5, 0.6) is 11.5 Å². The topological polar surface area (TPSA) is 62.1 Å². The molecule has 34 heavy (non-hydrogen) atoms. The predicted octanol–water partition coefficient (Wildman–Crippen LogP) is 6.37. The summed E-state index contributed by atoms with van der Waals surface area (Å²) < 4.78 is 13.1. The fourth-order valence-corrected chi connectivity index (χ4v) is 5.43. The van der Waals surface area contributed by atoms with E-state index < -0.39 is 0 Å². The molecule has 170 valence electrons. The van der Waals surface area contributed by atoms with E-state index in [1.807, 2.05) is 66.7 Å². The highest BCUT2D eigenvalue weighted by atomic mass is 32.2. The number of rotatable bonds is 8. The van der Waals surface area contributed by atoms with Gasteiger partial charge in [0.2, 0.25) is 0 Å². The minimum atomic E-state index is 0.669. The number of aromatic nitrogens is 4. The van der Waals surface area contributed by atoms with Gasteiger partial charge in [-0.15, -0.1) is 21.5 Å². The van der Waals surface area contributed by atoms with Gasteiger partial charge in [-0.05, 0) is 24.3 Å². The smallest absolute Gasteiger partial charge is 0.196 e. The van der Waals surface area contributed by atoms with Crippen LogP contribution >= 0.6 is 23.1 Å². The van der Waals surface area contributed by atoms with Crippen LogP contribution in [-0.4, -0.2) is 34.0 Å². The van der Waals surface area contributed by atoms with Gasteiger partial charge >= 0.3 is 0 Å². The standard InChI is InChI=1S/C26H22N4O2S2/c1-31-22-15-9-14-21(23(22)32-2)25-27-19(16-33-25)17-34-26-29-28-24(18-10-5-3-6-11-18)30(26)20-12-7-4-8-13-20/h3-16H,17H2,1-2H3. The molecule has 0 N–H and O–H groups in total. The highest BCUT2D eigenvalue weighted by molar-refractivity contribution is 7.98. The van der Waals surface area contributed by atoms with Gasteiger partial charge < -0.3 is 9.47 Å². The SMILES string of the molecule is COc1cccc(-c2nc(CSc3nnc(-c4ccccc4)n3-c3ccccc3)cs2)c1OC. The molecule has 0 aliphatic carbocycles. The lowest BCUT2D eigenvalue weighted by atomic mass is 10.2. The number of nitrogens with zero attached hydrogens (tertiary/aromatic N) is 4. The molecule has 2 aromatic heterocycles. The fraction of sp³-hybridized carbons (Fsp3) is 0.115. The van der Waals surface area contributed by atoms with Crippen LogP contribution in [0.25, 0.3) is 27.6 Å². The Morgan fingerprint density at radius 2 is 1.62 bits per heavy atom. The first-order valence-electron chi connectivity index (χ1n) is 10.6. The molecule has 0 spiro atoms. The summed E-state index contributed by atoms with van der Waals surface area (Å²) in [6, 6.07) is 26.1. The third-order valence-corrected chi connectivity index (χ3v) is 7.10. The van der Waals surface area contributed by atoms with E-state index in [4.69, 9.17) is 14.5 Å². The Balaban J connectivity index is 1.43. The minimum Gasteiger partial charge on any atom is -0.493 e. The zero-order chi connectivity index (χ0) is 23.3. The van der Waals surface area contributed by atoms with E-state index in [1.54, 1.807) is 37.3 Å². The molecule has 0 fully saturated rings. The van der Waals surface area contributed by atoms with Gasteiger partial charge in [0, 0.05) is 22.4 Å². The molecule has 0 atom stereocenters. The van der Waals surface area contributed by atoms with Crippen molar-refractivity contribution in [3.63, 3.8) is 0 Å². The molecule has 6 nitrogen and oxygen atoms in total. The Labute approximate surface area is 206 Å². The average Bonchev–Trinajstić information content (AvgIpc) is 3.55. The molecular weight excluding hydrogens is 464 g/mol. The van der Waals surface area contributed by atoms with Crippen molar-refractivity contribution in [2.75, 3.05) is 14.2 Å². The van der Waals surface area contributed by atoms with Crippen molar-refractivity contribution in [2.45, 2.75) is 10.9 Å². The number of methoxy groups -OCH3 is 2. The molecule has 0 amide bonds. The Bertz CT molecular complexity index is 1380. The maximum Gasteiger partial charge on any atom is 0.196 e. The van der Waals surface area contributed by atoms with Gasteiger partial charge in [-0.2, -0.15) is 0 Å². The number of para-hydroxylation sites is 2. The average molecular weight is 487 g/mol. The second-order valence-corrected chi connectivity index (χ2v) is 9.12. The Morgan fingerprint density at radius 1 is 0.853 bits per heavy atom. The summed E-state index contributed by atoms with van der Waals surface area (Å²) in [6.07, 6.45) is 0.